The summed E-state index contributed by atoms with van der Waals surface area (Å²) in [6.07, 6.45) is -0.446. The molecule has 0 saturated heterocycles. The van der Waals surface area contributed by atoms with E-state index in [-0.39, 0.29) is 24.0 Å². The van der Waals surface area contributed by atoms with Crippen LogP contribution in [0.2, 0.25) is 0 Å². The summed E-state index contributed by atoms with van der Waals surface area (Å²) in [5.41, 5.74) is 2.17. The number of amides is 1. The Balaban J connectivity index is 0.00000256. The zero-order chi connectivity index (χ0) is 12.3. The van der Waals surface area contributed by atoms with Gasteiger partial charge in [0.15, 0.2) is 0 Å². The fourth-order valence-electron chi connectivity index (χ4n) is 1.33. The summed E-state index contributed by atoms with van der Waals surface area (Å²) in [6.45, 7) is 1.98. The molecule has 0 aliphatic carbocycles. The van der Waals surface area contributed by atoms with Crippen molar-refractivity contribution in [3.8, 4) is 5.75 Å². The van der Waals surface area contributed by atoms with Gasteiger partial charge in [-0.05, 0) is 18.6 Å². The fourth-order valence-corrected chi connectivity index (χ4v) is 1.33. The van der Waals surface area contributed by atoms with Crippen LogP contribution in [0.5, 0.6) is 5.75 Å². The minimum atomic E-state index is -0.446. The van der Waals surface area contributed by atoms with Crippen LogP contribution in [0, 0.1) is 6.92 Å². The SMILES string of the molecule is CNC(=O)Oc1cc(C)cc([N+](C)(C)C)c1.[I-]. The second-order valence-electron chi connectivity index (χ2n) is 4.66. The van der Waals surface area contributed by atoms with Crippen molar-refractivity contribution in [2.24, 2.45) is 0 Å². The van der Waals surface area contributed by atoms with E-state index in [2.05, 4.69) is 32.5 Å². The van der Waals surface area contributed by atoms with Gasteiger partial charge >= 0.3 is 6.09 Å². The summed E-state index contributed by atoms with van der Waals surface area (Å²) in [4.78, 5) is 11.1. The Morgan fingerprint density at radius 2 is 1.82 bits per heavy atom. The Morgan fingerprint density at radius 3 is 2.29 bits per heavy atom. The van der Waals surface area contributed by atoms with E-state index in [0.29, 0.717) is 10.2 Å². The number of halogens is 1. The highest BCUT2D eigenvalue weighted by atomic mass is 127. The monoisotopic (exact) mass is 350 g/mol. The molecule has 0 aliphatic heterocycles. The fraction of sp³-hybridized carbons (Fsp3) is 0.417. The van der Waals surface area contributed by atoms with E-state index >= 15 is 0 Å². The molecular formula is C12H19IN2O2. The van der Waals surface area contributed by atoms with E-state index < -0.39 is 6.09 Å². The first kappa shape index (κ1) is 16.2. The van der Waals surface area contributed by atoms with Crippen molar-refractivity contribution in [2.45, 2.75) is 6.92 Å². The zero-order valence-corrected chi connectivity index (χ0v) is 13.0. The second-order valence-corrected chi connectivity index (χ2v) is 4.66. The lowest BCUT2D eigenvalue weighted by molar-refractivity contribution is -0.00000868. The van der Waals surface area contributed by atoms with Crippen LogP contribution in [0.25, 0.3) is 0 Å². The van der Waals surface area contributed by atoms with Crippen LogP contribution in [0.15, 0.2) is 18.2 Å². The molecule has 5 heteroatoms. The maximum atomic E-state index is 11.1. The molecule has 0 atom stereocenters. The van der Waals surface area contributed by atoms with Crippen molar-refractivity contribution in [1.29, 1.82) is 0 Å². The first-order valence-electron chi connectivity index (χ1n) is 5.16. The number of nitrogens with zero attached hydrogens (tertiary/aromatic N) is 1. The maximum absolute atomic E-state index is 11.1. The van der Waals surface area contributed by atoms with Gasteiger partial charge in [-0.15, -0.1) is 0 Å². The Morgan fingerprint density at radius 1 is 1.24 bits per heavy atom. The number of aryl methyl sites for hydroxylation is 1. The Labute approximate surface area is 120 Å². The normalized spacial score (nSPS) is 10.4. The Kier molecular flexibility index (Phi) is 5.91. The molecule has 0 fully saturated rings. The standard InChI is InChI=1S/C12H18N2O2.HI/c1-9-6-10(14(3,4)5)8-11(7-9)16-12(15)13-2;/h6-8H,1-5H3;1H. The maximum Gasteiger partial charge on any atom is 0.412 e. The largest absolute Gasteiger partial charge is 1.00 e. The minimum absolute atomic E-state index is 0. The molecule has 1 N–H and O–H groups in total. The molecule has 1 rings (SSSR count). The lowest BCUT2D eigenvalue weighted by atomic mass is 10.2. The molecule has 1 aromatic rings. The molecule has 0 aliphatic rings. The van der Waals surface area contributed by atoms with Crippen molar-refractivity contribution in [1.82, 2.24) is 9.80 Å². The summed E-state index contributed by atoms with van der Waals surface area (Å²) in [5, 5.41) is 2.42. The Bertz CT molecular complexity index is 400. The molecule has 0 saturated carbocycles. The molecule has 0 heterocycles. The third-order valence-electron chi connectivity index (χ3n) is 2.22. The van der Waals surface area contributed by atoms with E-state index in [4.69, 9.17) is 4.74 Å². The van der Waals surface area contributed by atoms with Gasteiger partial charge in [0, 0.05) is 19.2 Å². The molecule has 0 aromatic heterocycles. The van der Waals surface area contributed by atoms with Gasteiger partial charge in [-0.1, -0.05) is 0 Å². The molecule has 0 radical (unpaired) electrons. The third kappa shape index (κ3) is 4.91. The van der Waals surface area contributed by atoms with Gasteiger partial charge in [0.2, 0.25) is 0 Å². The predicted octanol–water partition coefficient (Wildman–Crippen LogP) is -1.09. The number of carbonyl (C=O) groups is 1. The quantitative estimate of drug-likeness (QED) is 0.544. The predicted molar refractivity (Wildman–Crippen MR) is 65.8 cm³/mol. The van der Waals surface area contributed by atoms with Crippen LogP contribution in [0.3, 0.4) is 0 Å². The topological polar surface area (TPSA) is 38.3 Å². The van der Waals surface area contributed by atoms with E-state index in [1.807, 2.05) is 19.1 Å². The average Bonchev–Trinajstić information content (AvgIpc) is 2.15. The minimum Gasteiger partial charge on any atom is -1.00 e. The van der Waals surface area contributed by atoms with Crippen molar-refractivity contribution >= 4 is 11.8 Å². The number of nitrogens with one attached hydrogen (secondary N) is 1. The van der Waals surface area contributed by atoms with E-state index in [1.54, 1.807) is 7.05 Å². The van der Waals surface area contributed by atoms with Crippen LogP contribution in [-0.4, -0.2) is 34.3 Å². The molecule has 4 nitrogen and oxygen atoms in total. The number of ether oxygens (including phenoxy) is 1. The van der Waals surface area contributed by atoms with Crippen molar-refractivity contribution < 1.29 is 33.5 Å². The molecule has 0 spiro atoms. The molecule has 96 valence electrons. The van der Waals surface area contributed by atoms with Crippen LogP contribution in [0.1, 0.15) is 5.56 Å². The van der Waals surface area contributed by atoms with Crippen molar-refractivity contribution in [2.75, 3.05) is 28.2 Å². The van der Waals surface area contributed by atoms with Gasteiger partial charge in [0.05, 0.1) is 21.1 Å². The van der Waals surface area contributed by atoms with Gasteiger partial charge in [-0.2, -0.15) is 0 Å². The molecule has 1 amide bonds. The molecule has 17 heavy (non-hydrogen) atoms. The van der Waals surface area contributed by atoms with Crippen molar-refractivity contribution in [3.63, 3.8) is 0 Å². The lowest BCUT2D eigenvalue weighted by Crippen LogP contribution is -3.00. The van der Waals surface area contributed by atoms with Crippen LogP contribution in [-0.2, 0) is 0 Å². The Hall–Kier alpha value is -0.820. The van der Waals surface area contributed by atoms with E-state index in [0.717, 1.165) is 11.3 Å². The number of hydrogen-bond acceptors (Lipinski definition) is 2. The van der Waals surface area contributed by atoms with Crippen LogP contribution in [0.4, 0.5) is 10.5 Å². The summed E-state index contributed by atoms with van der Waals surface area (Å²) in [5.74, 6) is 0.572. The highest BCUT2D eigenvalue weighted by molar-refractivity contribution is 5.70. The van der Waals surface area contributed by atoms with Gasteiger partial charge in [0.1, 0.15) is 11.4 Å². The van der Waals surface area contributed by atoms with Crippen LogP contribution >= 0.6 is 0 Å². The third-order valence-corrected chi connectivity index (χ3v) is 2.22. The van der Waals surface area contributed by atoms with E-state index in [9.17, 15) is 4.79 Å². The van der Waals surface area contributed by atoms with Gasteiger partial charge in [-0.25, -0.2) is 4.79 Å². The number of hydrogen-bond donors (Lipinski definition) is 1. The van der Waals surface area contributed by atoms with Crippen LogP contribution < -0.4 is 38.5 Å². The van der Waals surface area contributed by atoms with E-state index in [1.165, 1.54) is 0 Å². The number of rotatable bonds is 2. The molecule has 1 aromatic carbocycles. The summed E-state index contributed by atoms with van der Waals surface area (Å²) in [7, 11) is 7.74. The average molecular weight is 350 g/mol. The summed E-state index contributed by atoms with van der Waals surface area (Å²) in [6, 6.07) is 5.80. The van der Waals surface area contributed by atoms with Gasteiger partial charge < -0.3 is 34.0 Å². The molecular weight excluding hydrogens is 331 g/mol. The zero-order valence-electron chi connectivity index (χ0n) is 10.9. The molecule has 0 bridgehead atoms. The highest BCUT2D eigenvalue weighted by Gasteiger charge is 2.14. The molecule has 0 unspecified atom stereocenters. The first-order chi connectivity index (χ1) is 7.32. The van der Waals surface area contributed by atoms with Gasteiger partial charge in [0.25, 0.3) is 0 Å². The first-order valence-corrected chi connectivity index (χ1v) is 5.16. The summed E-state index contributed by atoms with van der Waals surface area (Å²) < 4.78 is 5.81. The number of quaternary nitrogens is 1. The number of carbonyl (C=O) groups excluding carboxylic acids is 1. The smallest absolute Gasteiger partial charge is 0.412 e. The van der Waals surface area contributed by atoms with Gasteiger partial charge in [-0.3, -0.25) is 4.48 Å². The van der Waals surface area contributed by atoms with Crippen molar-refractivity contribution in [3.05, 3.63) is 23.8 Å². The second kappa shape index (κ2) is 6.20. The number of benzene rings is 1. The highest BCUT2D eigenvalue weighted by Crippen LogP contribution is 2.25. The lowest BCUT2D eigenvalue weighted by Gasteiger charge is -2.24. The summed E-state index contributed by atoms with van der Waals surface area (Å²) >= 11 is 0.